The summed E-state index contributed by atoms with van der Waals surface area (Å²) < 4.78 is 6.81. The van der Waals surface area contributed by atoms with Gasteiger partial charge in [0.25, 0.3) is 0 Å². The molecular weight excluding hydrogens is 256 g/mol. The van der Waals surface area contributed by atoms with Crippen molar-refractivity contribution in [1.82, 2.24) is 19.7 Å². The van der Waals surface area contributed by atoms with E-state index in [-0.39, 0.29) is 0 Å². The molecule has 0 saturated heterocycles. The third kappa shape index (κ3) is 2.72. The highest BCUT2D eigenvalue weighted by atomic mass is 16.3. The number of hydrogen-bond acceptors (Lipinski definition) is 6. The average Bonchev–Trinajstić information content (AvgIpc) is 3.11. The first-order valence-corrected chi connectivity index (χ1v) is 5.97. The van der Waals surface area contributed by atoms with Crippen LogP contribution in [0.1, 0.15) is 11.3 Å². The van der Waals surface area contributed by atoms with Gasteiger partial charge in [-0.1, -0.05) is 0 Å². The van der Waals surface area contributed by atoms with E-state index in [9.17, 15) is 0 Å². The summed E-state index contributed by atoms with van der Waals surface area (Å²) in [6.45, 7) is 1.97. The highest BCUT2D eigenvalue weighted by Gasteiger charge is 2.01. The molecule has 0 fully saturated rings. The van der Waals surface area contributed by atoms with Gasteiger partial charge in [-0.05, 0) is 24.6 Å². The third-order valence-corrected chi connectivity index (χ3v) is 2.51. The first-order chi connectivity index (χ1) is 9.81. The lowest BCUT2D eigenvalue weighted by atomic mass is 10.4. The summed E-state index contributed by atoms with van der Waals surface area (Å²) in [6.07, 6.45) is 8.27. The zero-order chi connectivity index (χ0) is 13.8. The molecule has 3 rings (SSSR count). The lowest BCUT2D eigenvalue weighted by molar-refractivity contribution is 0.560. The molecule has 0 atom stereocenters. The number of anilines is 1. The van der Waals surface area contributed by atoms with Gasteiger partial charge in [-0.25, -0.2) is 14.6 Å². The Labute approximate surface area is 115 Å². The molecule has 0 aromatic carbocycles. The van der Waals surface area contributed by atoms with Gasteiger partial charge in [0.15, 0.2) is 11.6 Å². The van der Waals surface area contributed by atoms with Crippen molar-refractivity contribution in [2.24, 2.45) is 5.10 Å². The molecule has 3 heterocycles. The Morgan fingerprint density at radius 3 is 3.10 bits per heavy atom. The fraction of sp³-hybridized carbons (Fsp3) is 0.0769. The molecule has 3 aromatic rings. The predicted octanol–water partition coefficient (Wildman–Crippen LogP) is 2.01. The quantitative estimate of drug-likeness (QED) is 0.578. The Balaban J connectivity index is 1.74. The molecule has 0 bridgehead atoms. The SMILES string of the molecule is Cc1cnn(-c2cc(N/N=C/c3ccco3)ncn2)c1. The summed E-state index contributed by atoms with van der Waals surface area (Å²) in [7, 11) is 0. The lowest BCUT2D eigenvalue weighted by Gasteiger charge is -2.02. The van der Waals surface area contributed by atoms with Gasteiger partial charge < -0.3 is 4.42 Å². The van der Waals surface area contributed by atoms with Gasteiger partial charge >= 0.3 is 0 Å². The molecule has 100 valence electrons. The Bertz CT molecular complexity index is 716. The maximum atomic E-state index is 5.13. The summed E-state index contributed by atoms with van der Waals surface area (Å²) in [6, 6.07) is 5.36. The second kappa shape index (κ2) is 5.35. The summed E-state index contributed by atoms with van der Waals surface area (Å²) >= 11 is 0. The normalized spacial score (nSPS) is 11.1. The molecule has 0 aliphatic carbocycles. The molecule has 0 unspecified atom stereocenters. The average molecular weight is 268 g/mol. The van der Waals surface area contributed by atoms with Crippen LogP contribution in [0.25, 0.3) is 5.82 Å². The van der Waals surface area contributed by atoms with Gasteiger partial charge in [0.05, 0.1) is 18.7 Å². The van der Waals surface area contributed by atoms with Gasteiger partial charge in [0.2, 0.25) is 0 Å². The van der Waals surface area contributed by atoms with E-state index in [1.165, 1.54) is 6.33 Å². The molecule has 7 nitrogen and oxygen atoms in total. The van der Waals surface area contributed by atoms with Crippen molar-refractivity contribution in [1.29, 1.82) is 0 Å². The Morgan fingerprint density at radius 1 is 1.40 bits per heavy atom. The largest absolute Gasteiger partial charge is 0.463 e. The number of nitrogens with zero attached hydrogens (tertiary/aromatic N) is 5. The van der Waals surface area contributed by atoms with Crippen LogP contribution in [0.3, 0.4) is 0 Å². The molecule has 0 amide bonds. The van der Waals surface area contributed by atoms with Crippen molar-refractivity contribution in [2.75, 3.05) is 5.43 Å². The number of aromatic nitrogens is 4. The highest BCUT2D eigenvalue weighted by Crippen LogP contribution is 2.09. The predicted molar refractivity (Wildman–Crippen MR) is 73.8 cm³/mol. The molecule has 0 saturated carbocycles. The maximum absolute atomic E-state index is 5.13. The first kappa shape index (κ1) is 12.1. The highest BCUT2D eigenvalue weighted by molar-refractivity contribution is 5.76. The second-order valence-corrected chi connectivity index (χ2v) is 4.11. The summed E-state index contributed by atoms with van der Waals surface area (Å²) in [5.74, 6) is 1.91. The smallest absolute Gasteiger partial charge is 0.158 e. The monoisotopic (exact) mass is 268 g/mol. The Morgan fingerprint density at radius 2 is 2.35 bits per heavy atom. The number of nitrogens with one attached hydrogen (secondary N) is 1. The Hall–Kier alpha value is -2.96. The van der Waals surface area contributed by atoms with Gasteiger partial charge in [-0.3, -0.25) is 5.43 Å². The lowest BCUT2D eigenvalue weighted by Crippen LogP contribution is -2.01. The number of aryl methyl sites for hydroxylation is 1. The van der Waals surface area contributed by atoms with E-state index in [4.69, 9.17) is 4.42 Å². The number of rotatable bonds is 4. The van der Waals surface area contributed by atoms with Crippen LogP contribution < -0.4 is 5.43 Å². The van der Waals surface area contributed by atoms with E-state index in [0.717, 1.165) is 5.56 Å². The van der Waals surface area contributed by atoms with Crippen molar-refractivity contribution in [3.05, 3.63) is 54.5 Å². The topological polar surface area (TPSA) is 81.1 Å². The van der Waals surface area contributed by atoms with E-state index >= 15 is 0 Å². The molecule has 20 heavy (non-hydrogen) atoms. The van der Waals surface area contributed by atoms with E-state index < -0.39 is 0 Å². The molecule has 3 aromatic heterocycles. The van der Waals surface area contributed by atoms with Gasteiger partial charge in [0, 0.05) is 12.3 Å². The van der Waals surface area contributed by atoms with Gasteiger partial charge in [0.1, 0.15) is 12.1 Å². The standard InChI is InChI=1S/C13H12N6O/c1-10-6-17-19(8-10)13-5-12(14-9-15-13)18-16-7-11-3-2-4-20-11/h2-9H,1H3,(H,14,15,18)/b16-7+. The van der Waals surface area contributed by atoms with E-state index in [2.05, 4.69) is 25.6 Å². The van der Waals surface area contributed by atoms with E-state index in [0.29, 0.717) is 17.4 Å². The van der Waals surface area contributed by atoms with E-state index in [1.807, 2.05) is 19.2 Å². The first-order valence-electron chi connectivity index (χ1n) is 5.97. The summed E-state index contributed by atoms with van der Waals surface area (Å²) in [5, 5.41) is 8.23. The molecule has 1 N–H and O–H groups in total. The van der Waals surface area contributed by atoms with Crippen molar-refractivity contribution in [3.8, 4) is 5.82 Å². The van der Waals surface area contributed by atoms with Gasteiger partial charge in [-0.2, -0.15) is 10.2 Å². The number of hydrogen-bond donors (Lipinski definition) is 1. The van der Waals surface area contributed by atoms with Crippen LogP contribution in [0.5, 0.6) is 0 Å². The molecule has 7 heteroatoms. The van der Waals surface area contributed by atoms with Crippen LogP contribution in [0.15, 0.2) is 52.7 Å². The van der Waals surface area contributed by atoms with Crippen LogP contribution >= 0.6 is 0 Å². The molecule has 0 radical (unpaired) electrons. The molecule has 0 spiro atoms. The van der Waals surface area contributed by atoms with Gasteiger partial charge in [-0.15, -0.1) is 0 Å². The second-order valence-electron chi connectivity index (χ2n) is 4.11. The zero-order valence-corrected chi connectivity index (χ0v) is 10.8. The minimum absolute atomic E-state index is 0.575. The molecule has 0 aliphatic rings. The van der Waals surface area contributed by atoms with Crippen LogP contribution in [0.4, 0.5) is 5.82 Å². The molecule has 0 aliphatic heterocycles. The minimum atomic E-state index is 0.575. The van der Waals surface area contributed by atoms with Crippen LogP contribution in [-0.4, -0.2) is 26.0 Å². The summed E-state index contributed by atoms with van der Waals surface area (Å²) in [5.41, 5.74) is 3.88. The Kier molecular flexibility index (Phi) is 3.24. The van der Waals surface area contributed by atoms with E-state index in [1.54, 1.807) is 35.5 Å². The van der Waals surface area contributed by atoms with Crippen LogP contribution in [0, 0.1) is 6.92 Å². The van der Waals surface area contributed by atoms with Crippen LogP contribution in [0.2, 0.25) is 0 Å². The number of furan rings is 1. The van der Waals surface area contributed by atoms with Crippen molar-refractivity contribution < 1.29 is 4.42 Å². The minimum Gasteiger partial charge on any atom is -0.463 e. The van der Waals surface area contributed by atoms with Crippen LogP contribution in [-0.2, 0) is 0 Å². The molecular formula is C13H12N6O. The zero-order valence-electron chi connectivity index (χ0n) is 10.8. The summed E-state index contributed by atoms with van der Waals surface area (Å²) in [4.78, 5) is 8.24. The van der Waals surface area contributed by atoms with Crippen molar-refractivity contribution >= 4 is 12.0 Å². The third-order valence-electron chi connectivity index (χ3n) is 2.51. The fourth-order valence-corrected chi connectivity index (χ4v) is 1.60. The van der Waals surface area contributed by atoms with Crippen molar-refractivity contribution in [2.45, 2.75) is 6.92 Å². The number of hydrazone groups is 1. The fourth-order valence-electron chi connectivity index (χ4n) is 1.60. The maximum Gasteiger partial charge on any atom is 0.158 e. The van der Waals surface area contributed by atoms with Crippen molar-refractivity contribution in [3.63, 3.8) is 0 Å².